The summed E-state index contributed by atoms with van der Waals surface area (Å²) < 4.78 is 4.96. The fourth-order valence-corrected chi connectivity index (χ4v) is 1.73. The van der Waals surface area contributed by atoms with Gasteiger partial charge in [-0.05, 0) is 18.6 Å². The molecule has 18 heavy (non-hydrogen) atoms. The van der Waals surface area contributed by atoms with Gasteiger partial charge in [0.05, 0.1) is 12.7 Å². The van der Waals surface area contributed by atoms with Crippen molar-refractivity contribution in [1.82, 2.24) is 5.32 Å². The summed E-state index contributed by atoms with van der Waals surface area (Å²) in [6.07, 6.45) is 1.75. The lowest BCUT2D eigenvalue weighted by Gasteiger charge is -2.16. The van der Waals surface area contributed by atoms with Gasteiger partial charge in [0, 0.05) is 12.6 Å². The molecule has 0 saturated carbocycles. The van der Waals surface area contributed by atoms with Gasteiger partial charge in [-0.25, -0.2) is 0 Å². The monoisotopic (exact) mass is 252 g/mol. The molecule has 0 bridgehead atoms. The fourth-order valence-electron chi connectivity index (χ4n) is 1.73. The lowest BCUT2D eigenvalue weighted by molar-refractivity contribution is 0.0933. The van der Waals surface area contributed by atoms with Crippen molar-refractivity contribution in [1.29, 1.82) is 0 Å². The van der Waals surface area contributed by atoms with Crippen molar-refractivity contribution in [2.75, 3.05) is 13.7 Å². The van der Waals surface area contributed by atoms with Gasteiger partial charge in [0.1, 0.15) is 0 Å². The number of rotatable bonds is 6. The minimum Gasteiger partial charge on any atom is -0.504 e. The van der Waals surface area contributed by atoms with E-state index in [-0.39, 0.29) is 29.0 Å². The summed E-state index contributed by atoms with van der Waals surface area (Å²) in [7, 11) is 1.44. The Kier molecular flexibility index (Phi) is 5.45. The third kappa shape index (κ3) is 3.37. The number of nitrogens with two attached hydrogens (primary N) is 1. The topological polar surface area (TPSA) is 84.6 Å². The maximum absolute atomic E-state index is 12.0. The molecule has 1 atom stereocenters. The van der Waals surface area contributed by atoms with E-state index in [0.717, 1.165) is 12.8 Å². The van der Waals surface area contributed by atoms with Crippen LogP contribution in [0.5, 0.6) is 11.5 Å². The van der Waals surface area contributed by atoms with Crippen LogP contribution in [0.3, 0.4) is 0 Å². The summed E-state index contributed by atoms with van der Waals surface area (Å²) in [4.78, 5) is 12.0. The molecule has 100 valence electrons. The number of phenolic OH excluding ortho intramolecular Hbond substituents is 1. The number of ether oxygens (including phenoxy) is 1. The van der Waals surface area contributed by atoms with Crippen molar-refractivity contribution in [3.63, 3.8) is 0 Å². The molecule has 0 aliphatic heterocycles. The summed E-state index contributed by atoms with van der Waals surface area (Å²) in [5, 5.41) is 12.7. The van der Waals surface area contributed by atoms with Gasteiger partial charge >= 0.3 is 0 Å². The molecule has 5 heteroatoms. The van der Waals surface area contributed by atoms with Crippen LogP contribution in [0.1, 0.15) is 30.1 Å². The average molecular weight is 252 g/mol. The van der Waals surface area contributed by atoms with Gasteiger partial charge in [-0.15, -0.1) is 0 Å². The molecule has 1 aromatic rings. The minimum absolute atomic E-state index is 0.0758. The molecule has 0 aliphatic rings. The molecule has 0 fully saturated rings. The van der Waals surface area contributed by atoms with E-state index in [0.29, 0.717) is 6.54 Å². The zero-order chi connectivity index (χ0) is 13.5. The summed E-state index contributed by atoms with van der Waals surface area (Å²) in [6.45, 7) is 2.40. The molecule has 5 nitrogen and oxygen atoms in total. The van der Waals surface area contributed by atoms with Crippen LogP contribution in [0.25, 0.3) is 0 Å². The standard InChI is InChI=1S/C13H20N2O3/c1-3-5-9(8-14)15-13(17)10-6-4-7-11(18-2)12(10)16/h4,6-7,9,16H,3,5,8,14H2,1-2H3,(H,15,17). The van der Waals surface area contributed by atoms with E-state index < -0.39 is 0 Å². The maximum atomic E-state index is 12.0. The number of benzene rings is 1. The van der Waals surface area contributed by atoms with Gasteiger partial charge in [-0.2, -0.15) is 0 Å². The van der Waals surface area contributed by atoms with Gasteiger partial charge in [0.25, 0.3) is 5.91 Å². The third-order valence-electron chi connectivity index (χ3n) is 2.72. The first-order valence-corrected chi connectivity index (χ1v) is 6.00. The molecule has 0 aromatic heterocycles. The first-order chi connectivity index (χ1) is 8.63. The molecule has 0 heterocycles. The highest BCUT2D eigenvalue weighted by molar-refractivity contribution is 5.97. The average Bonchev–Trinajstić information content (AvgIpc) is 2.38. The number of methoxy groups -OCH3 is 1. The second-order valence-electron chi connectivity index (χ2n) is 4.05. The zero-order valence-electron chi connectivity index (χ0n) is 10.8. The Bertz CT molecular complexity index is 407. The molecule has 0 spiro atoms. The lowest BCUT2D eigenvalue weighted by atomic mass is 10.1. The van der Waals surface area contributed by atoms with Crippen LogP contribution in [0.4, 0.5) is 0 Å². The largest absolute Gasteiger partial charge is 0.504 e. The van der Waals surface area contributed by atoms with Crippen LogP contribution in [-0.4, -0.2) is 30.7 Å². The van der Waals surface area contributed by atoms with E-state index in [1.165, 1.54) is 7.11 Å². The number of carbonyl (C=O) groups is 1. The summed E-state index contributed by atoms with van der Waals surface area (Å²) in [5.41, 5.74) is 5.78. The Morgan fingerprint density at radius 2 is 2.28 bits per heavy atom. The zero-order valence-corrected chi connectivity index (χ0v) is 10.8. The SMILES string of the molecule is CCCC(CN)NC(=O)c1cccc(OC)c1O. The van der Waals surface area contributed by atoms with Gasteiger partial charge in [0.15, 0.2) is 11.5 Å². The van der Waals surface area contributed by atoms with Crippen molar-refractivity contribution in [2.45, 2.75) is 25.8 Å². The number of hydrogen-bond acceptors (Lipinski definition) is 4. The number of phenols is 1. The lowest BCUT2D eigenvalue weighted by Crippen LogP contribution is -2.40. The molecule has 0 aliphatic carbocycles. The van der Waals surface area contributed by atoms with E-state index >= 15 is 0 Å². The second-order valence-corrected chi connectivity index (χ2v) is 4.05. The number of hydrogen-bond donors (Lipinski definition) is 3. The third-order valence-corrected chi connectivity index (χ3v) is 2.72. The summed E-state index contributed by atoms with van der Waals surface area (Å²) in [5.74, 6) is -0.206. The molecule has 1 rings (SSSR count). The normalized spacial score (nSPS) is 11.9. The van der Waals surface area contributed by atoms with Crippen molar-refractivity contribution in [3.05, 3.63) is 23.8 Å². The number of para-hydroxylation sites is 1. The van der Waals surface area contributed by atoms with Crippen LogP contribution in [0.2, 0.25) is 0 Å². The highest BCUT2D eigenvalue weighted by Gasteiger charge is 2.17. The molecule has 1 amide bonds. The van der Waals surface area contributed by atoms with Crippen LogP contribution < -0.4 is 15.8 Å². The number of carbonyl (C=O) groups excluding carboxylic acids is 1. The number of aromatic hydroxyl groups is 1. The van der Waals surface area contributed by atoms with Crippen LogP contribution in [-0.2, 0) is 0 Å². The van der Waals surface area contributed by atoms with Crippen molar-refractivity contribution < 1.29 is 14.6 Å². The Morgan fingerprint density at radius 1 is 1.56 bits per heavy atom. The molecule has 4 N–H and O–H groups in total. The highest BCUT2D eigenvalue weighted by Crippen LogP contribution is 2.29. The van der Waals surface area contributed by atoms with Gasteiger partial charge in [0.2, 0.25) is 0 Å². The molecule has 0 saturated heterocycles. The van der Waals surface area contributed by atoms with E-state index in [1.807, 2.05) is 6.92 Å². The quantitative estimate of drug-likeness (QED) is 0.711. The fraction of sp³-hybridized carbons (Fsp3) is 0.462. The molecular formula is C13H20N2O3. The van der Waals surface area contributed by atoms with Gasteiger partial charge in [-0.3, -0.25) is 4.79 Å². The minimum atomic E-state index is -0.338. The first-order valence-electron chi connectivity index (χ1n) is 6.00. The Morgan fingerprint density at radius 3 is 2.83 bits per heavy atom. The van der Waals surface area contributed by atoms with Crippen LogP contribution in [0.15, 0.2) is 18.2 Å². The molecule has 0 radical (unpaired) electrons. The number of nitrogens with one attached hydrogen (secondary N) is 1. The predicted octanol–water partition coefficient (Wildman–Crippen LogP) is 1.26. The van der Waals surface area contributed by atoms with Crippen molar-refractivity contribution in [2.24, 2.45) is 5.73 Å². The summed E-state index contributed by atoms with van der Waals surface area (Å²) >= 11 is 0. The Hall–Kier alpha value is -1.75. The smallest absolute Gasteiger partial charge is 0.255 e. The number of amides is 1. The maximum Gasteiger partial charge on any atom is 0.255 e. The van der Waals surface area contributed by atoms with Crippen molar-refractivity contribution >= 4 is 5.91 Å². The van der Waals surface area contributed by atoms with Gasteiger partial charge < -0.3 is 20.9 Å². The molecule has 1 aromatic carbocycles. The van der Waals surface area contributed by atoms with E-state index in [9.17, 15) is 9.90 Å². The Labute approximate surface area is 107 Å². The van der Waals surface area contributed by atoms with Gasteiger partial charge in [-0.1, -0.05) is 19.4 Å². The van der Waals surface area contributed by atoms with E-state index in [4.69, 9.17) is 10.5 Å². The van der Waals surface area contributed by atoms with Crippen LogP contribution in [0, 0.1) is 0 Å². The van der Waals surface area contributed by atoms with Crippen LogP contribution >= 0.6 is 0 Å². The highest BCUT2D eigenvalue weighted by atomic mass is 16.5. The van der Waals surface area contributed by atoms with E-state index in [1.54, 1.807) is 18.2 Å². The van der Waals surface area contributed by atoms with Crippen molar-refractivity contribution in [3.8, 4) is 11.5 Å². The molecule has 1 unspecified atom stereocenters. The second kappa shape index (κ2) is 6.86. The first kappa shape index (κ1) is 14.3. The molecular weight excluding hydrogens is 232 g/mol. The summed E-state index contributed by atoms with van der Waals surface area (Å²) in [6, 6.07) is 4.73. The van der Waals surface area contributed by atoms with E-state index in [2.05, 4.69) is 5.32 Å². The predicted molar refractivity (Wildman–Crippen MR) is 69.9 cm³/mol. The Balaban J connectivity index is 2.84.